The Morgan fingerprint density at radius 2 is 1.83 bits per heavy atom. The maximum Gasteiger partial charge on any atom is 0.309 e. The number of rotatable bonds is 4. The first kappa shape index (κ1) is 16.9. The van der Waals surface area contributed by atoms with Gasteiger partial charge in [-0.25, -0.2) is 0 Å². The zero-order chi connectivity index (χ0) is 16.8. The van der Waals surface area contributed by atoms with Crippen LogP contribution in [-0.2, 0) is 25.6 Å². The molecule has 0 bridgehead atoms. The molecule has 1 aromatic rings. The number of carbonyl (C=O) groups excluding carboxylic acids is 2. The number of nitrogens with one attached hydrogen (secondary N) is 2. The van der Waals surface area contributed by atoms with Crippen LogP contribution >= 0.6 is 0 Å². The van der Waals surface area contributed by atoms with E-state index in [1.54, 1.807) is 24.5 Å². The van der Waals surface area contributed by atoms with Gasteiger partial charge in [-0.15, -0.1) is 0 Å². The van der Waals surface area contributed by atoms with Gasteiger partial charge in [0, 0.05) is 38.3 Å². The summed E-state index contributed by atoms with van der Waals surface area (Å²) < 4.78 is 11.8. The summed E-state index contributed by atoms with van der Waals surface area (Å²) in [6.07, 6.45) is 8.33. The highest BCUT2D eigenvalue weighted by Crippen LogP contribution is 2.37. The number of nitrogens with zero attached hydrogens (tertiary/aromatic N) is 1. The van der Waals surface area contributed by atoms with Crippen LogP contribution < -0.4 is 10.6 Å². The van der Waals surface area contributed by atoms with E-state index in [0.717, 1.165) is 31.2 Å². The Hall–Kier alpha value is -1.99. The third kappa shape index (κ3) is 4.30. The summed E-state index contributed by atoms with van der Waals surface area (Å²) in [5, 5.41) is 5.19. The number of ether oxygens (including phenoxy) is 2. The van der Waals surface area contributed by atoms with Crippen LogP contribution in [0.3, 0.4) is 0 Å². The maximum atomic E-state index is 11.9. The lowest BCUT2D eigenvalue weighted by molar-refractivity contribution is -0.186. The molecule has 3 rings (SSSR count). The van der Waals surface area contributed by atoms with Crippen LogP contribution in [0.25, 0.3) is 0 Å². The Labute approximate surface area is 141 Å². The molecule has 1 saturated carbocycles. The fraction of sp³-hybridized carbons (Fsp3) is 0.588. The standard InChI is InChI=1S/C17H23N3O4/c21-15(19-10-13-4-8-18-9-5-13)16(22)20-11-14-12-23-17(24-14)6-2-1-3-7-17/h4-5,8-9,14H,1-3,6-7,10-12H2,(H,19,21)(H,20,22)/t14-/m1/s1. The summed E-state index contributed by atoms with van der Waals surface area (Å²) in [5.74, 6) is -1.77. The predicted octanol–water partition coefficient (Wildman–Crippen LogP) is 0.890. The largest absolute Gasteiger partial charge is 0.347 e. The van der Waals surface area contributed by atoms with Crippen molar-refractivity contribution in [1.29, 1.82) is 0 Å². The molecule has 1 aromatic heterocycles. The zero-order valence-electron chi connectivity index (χ0n) is 13.6. The van der Waals surface area contributed by atoms with Crippen LogP contribution in [0.2, 0.25) is 0 Å². The molecule has 7 heteroatoms. The average molecular weight is 333 g/mol. The third-order valence-corrected chi connectivity index (χ3v) is 4.43. The van der Waals surface area contributed by atoms with Crippen molar-refractivity contribution in [2.75, 3.05) is 13.2 Å². The van der Waals surface area contributed by atoms with Gasteiger partial charge in [0.05, 0.1) is 6.61 Å². The SMILES string of the molecule is O=C(NCc1ccncc1)C(=O)NC[C@@H]1COC2(CCCCC2)O1. The molecule has 0 radical (unpaired) electrons. The van der Waals surface area contributed by atoms with Crippen LogP contribution in [0.1, 0.15) is 37.7 Å². The van der Waals surface area contributed by atoms with Gasteiger partial charge in [0.1, 0.15) is 6.10 Å². The van der Waals surface area contributed by atoms with E-state index in [2.05, 4.69) is 15.6 Å². The van der Waals surface area contributed by atoms with Crippen LogP contribution in [0.4, 0.5) is 0 Å². The van der Waals surface area contributed by atoms with Crippen LogP contribution in [0, 0.1) is 0 Å². The first-order valence-electron chi connectivity index (χ1n) is 8.44. The monoisotopic (exact) mass is 333 g/mol. The van der Waals surface area contributed by atoms with E-state index in [4.69, 9.17) is 9.47 Å². The number of carbonyl (C=O) groups is 2. The highest BCUT2D eigenvalue weighted by Gasteiger charge is 2.42. The number of pyridine rings is 1. The molecule has 1 spiro atoms. The van der Waals surface area contributed by atoms with E-state index in [0.29, 0.717) is 13.2 Å². The van der Waals surface area contributed by atoms with E-state index in [9.17, 15) is 9.59 Å². The average Bonchev–Trinajstić information content (AvgIpc) is 3.01. The first-order valence-corrected chi connectivity index (χ1v) is 8.44. The van der Waals surface area contributed by atoms with Gasteiger partial charge in [-0.2, -0.15) is 0 Å². The van der Waals surface area contributed by atoms with E-state index < -0.39 is 17.6 Å². The van der Waals surface area contributed by atoms with Gasteiger partial charge in [0.25, 0.3) is 0 Å². The molecule has 2 heterocycles. The van der Waals surface area contributed by atoms with Crippen molar-refractivity contribution in [3.8, 4) is 0 Å². The zero-order valence-corrected chi connectivity index (χ0v) is 13.6. The number of hydrogen-bond donors (Lipinski definition) is 2. The Morgan fingerprint density at radius 3 is 2.58 bits per heavy atom. The lowest BCUT2D eigenvalue weighted by Crippen LogP contribution is -2.43. The molecule has 7 nitrogen and oxygen atoms in total. The Kier molecular flexibility index (Phi) is 5.42. The van der Waals surface area contributed by atoms with Gasteiger partial charge in [-0.1, -0.05) is 6.42 Å². The number of hydrogen-bond acceptors (Lipinski definition) is 5. The maximum absolute atomic E-state index is 11.9. The molecule has 2 N–H and O–H groups in total. The minimum Gasteiger partial charge on any atom is -0.347 e. The topological polar surface area (TPSA) is 89.6 Å². The number of aromatic nitrogens is 1. The summed E-state index contributed by atoms with van der Waals surface area (Å²) in [6.45, 7) is 1.03. The second kappa shape index (κ2) is 7.72. The second-order valence-electron chi connectivity index (χ2n) is 6.27. The fourth-order valence-electron chi connectivity index (χ4n) is 3.12. The summed E-state index contributed by atoms with van der Waals surface area (Å²) in [5.41, 5.74) is 0.887. The van der Waals surface area contributed by atoms with Crippen molar-refractivity contribution in [2.45, 2.75) is 50.5 Å². The molecule has 2 aliphatic rings. The van der Waals surface area contributed by atoms with Crippen LogP contribution in [0.5, 0.6) is 0 Å². The molecule has 24 heavy (non-hydrogen) atoms. The lowest BCUT2D eigenvalue weighted by atomic mass is 9.94. The van der Waals surface area contributed by atoms with Crippen molar-refractivity contribution < 1.29 is 19.1 Å². The van der Waals surface area contributed by atoms with Crippen molar-refractivity contribution in [3.63, 3.8) is 0 Å². The van der Waals surface area contributed by atoms with Crippen molar-refractivity contribution in [1.82, 2.24) is 15.6 Å². The summed E-state index contributed by atoms with van der Waals surface area (Å²) in [4.78, 5) is 27.6. The van der Waals surface area contributed by atoms with Crippen molar-refractivity contribution >= 4 is 11.8 Å². The molecule has 1 atom stereocenters. The normalized spacial score (nSPS) is 22.2. The molecule has 0 aromatic carbocycles. The van der Waals surface area contributed by atoms with E-state index in [1.807, 2.05) is 0 Å². The molecular weight excluding hydrogens is 310 g/mol. The predicted molar refractivity (Wildman–Crippen MR) is 85.7 cm³/mol. The smallest absolute Gasteiger partial charge is 0.309 e. The van der Waals surface area contributed by atoms with Crippen molar-refractivity contribution in [2.24, 2.45) is 0 Å². The summed E-state index contributed by atoms with van der Waals surface area (Å²) in [7, 11) is 0. The van der Waals surface area contributed by atoms with Gasteiger partial charge < -0.3 is 20.1 Å². The van der Waals surface area contributed by atoms with Gasteiger partial charge in [0.15, 0.2) is 5.79 Å². The Balaban J connectivity index is 1.38. The Bertz CT molecular complexity index is 572. The first-order chi connectivity index (χ1) is 11.7. The molecular formula is C17H23N3O4. The van der Waals surface area contributed by atoms with Crippen LogP contribution in [0.15, 0.2) is 24.5 Å². The molecule has 0 unspecified atom stereocenters. The second-order valence-corrected chi connectivity index (χ2v) is 6.27. The van der Waals surface area contributed by atoms with Gasteiger partial charge in [-0.3, -0.25) is 14.6 Å². The highest BCUT2D eigenvalue weighted by molar-refractivity contribution is 6.35. The van der Waals surface area contributed by atoms with E-state index in [-0.39, 0.29) is 12.6 Å². The lowest BCUT2D eigenvalue weighted by Gasteiger charge is -2.31. The number of amides is 2. The molecule has 1 saturated heterocycles. The van der Waals surface area contributed by atoms with E-state index in [1.165, 1.54) is 6.42 Å². The van der Waals surface area contributed by atoms with Crippen molar-refractivity contribution in [3.05, 3.63) is 30.1 Å². The molecule has 130 valence electrons. The molecule has 2 amide bonds. The molecule has 2 fully saturated rings. The Morgan fingerprint density at radius 1 is 1.12 bits per heavy atom. The minimum atomic E-state index is -0.655. The van der Waals surface area contributed by atoms with Gasteiger partial charge >= 0.3 is 11.8 Å². The third-order valence-electron chi connectivity index (χ3n) is 4.43. The highest BCUT2D eigenvalue weighted by atomic mass is 16.7. The summed E-state index contributed by atoms with van der Waals surface area (Å²) in [6, 6.07) is 3.57. The quantitative estimate of drug-likeness (QED) is 0.799. The minimum absolute atomic E-state index is 0.194. The fourth-order valence-corrected chi connectivity index (χ4v) is 3.12. The summed E-state index contributed by atoms with van der Waals surface area (Å²) >= 11 is 0. The van der Waals surface area contributed by atoms with Gasteiger partial charge in [0.2, 0.25) is 0 Å². The van der Waals surface area contributed by atoms with Crippen LogP contribution in [-0.4, -0.2) is 41.8 Å². The van der Waals surface area contributed by atoms with E-state index >= 15 is 0 Å². The van der Waals surface area contributed by atoms with Gasteiger partial charge in [-0.05, 0) is 30.5 Å². The molecule has 1 aliphatic heterocycles. The molecule has 1 aliphatic carbocycles.